The summed E-state index contributed by atoms with van der Waals surface area (Å²) >= 11 is 0. The first-order valence-electron chi connectivity index (χ1n) is 3.70. The fourth-order valence-electron chi connectivity index (χ4n) is 0.903. The number of nitrogens with zero attached hydrogens (tertiary/aromatic N) is 1. The van der Waals surface area contributed by atoms with Crippen LogP contribution in [0.3, 0.4) is 0 Å². The molecule has 0 aliphatic heterocycles. The number of carbonyl (C=O) groups excluding carboxylic acids is 1. The molecule has 0 saturated heterocycles. The highest BCUT2D eigenvalue weighted by molar-refractivity contribution is 5.95. The van der Waals surface area contributed by atoms with Crippen LogP contribution in [0.25, 0.3) is 0 Å². The second-order valence-electron chi connectivity index (χ2n) is 2.46. The summed E-state index contributed by atoms with van der Waals surface area (Å²) in [7, 11) is 0. The summed E-state index contributed by atoms with van der Waals surface area (Å²) in [6, 6.07) is 0. The van der Waals surface area contributed by atoms with Crippen molar-refractivity contribution >= 4 is 11.7 Å². The second-order valence-corrected chi connectivity index (χ2v) is 2.46. The van der Waals surface area contributed by atoms with Crippen LogP contribution in [0.1, 0.15) is 26.2 Å². The van der Waals surface area contributed by atoms with E-state index in [9.17, 15) is 4.79 Å². The van der Waals surface area contributed by atoms with E-state index in [1.807, 2.05) is 12.2 Å². The van der Waals surface area contributed by atoms with Gasteiger partial charge in [-0.25, -0.2) is 4.79 Å². The average molecular weight is 153 g/mol. The van der Waals surface area contributed by atoms with Crippen LogP contribution < -0.4 is 0 Å². The van der Waals surface area contributed by atoms with Gasteiger partial charge in [-0.1, -0.05) is 11.2 Å². The zero-order valence-electron chi connectivity index (χ0n) is 6.54. The summed E-state index contributed by atoms with van der Waals surface area (Å²) < 4.78 is 0. The Balaban J connectivity index is 2.44. The quantitative estimate of drug-likeness (QED) is 0.424. The number of rotatable bonds is 1. The summed E-state index contributed by atoms with van der Waals surface area (Å²) in [4.78, 5) is 14.8. The topological polar surface area (TPSA) is 38.7 Å². The molecule has 0 spiro atoms. The molecule has 1 aliphatic carbocycles. The van der Waals surface area contributed by atoms with Crippen LogP contribution in [0.4, 0.5) is 0 Å². The molecular formula is C8H11NO2. The number of hydrogen-bond acceptors (Lipinski definition) is 3. The van der Waals surface area contributed by atoms with Gasteiger partial charge in [0.25, 0.3) is 0 Å². The predicted molar refractivity (Wildman–Crippen MR) is 42.2 cm³/mol. The fourth-order valence-corrected chi connectivity index (χ4v) is 0.903. The minimum absolute atomic E-state index is 0.364. The predicted octanol–water partition coefficient (Wildman–Crippen LogP) is 1.65. The molecule has 0 saturated carbocycles. The van der Waals surface area contributed by atoms with Gasteiger partial charge in [0.05, 0.1) is 5.71 Å². The van der Waals surface area contributed by atoms with Crippen LogP contribution in [-0.2, 0) is 9.63 Å². The zero-order valence-corrected chi connectivity index (χ0v) is 6.54. The Morgan fingerprint density at radius 3 is 3.09 bits per heavy atom. The fraction of sp³-hybridized carbons (Fsp3) is 0.500. The standard InChI is InChI=1S/C8H11NO2/c1-7(10)11-9-8-5-3-2-4-6-8/h3,5H,2,4,6H2,1H3/b9-8+. The van der Waals surface area contributed by atoms with E-state index in [1.54, 1.807) is 0 Å². The maximum atomic E-state index is 10.3. The van der Waals surface area contributed by atoms with Gasteiger partial charge in [0.2, 0.25) is 0 Å². The lowest BCUT2D eigenvalue weighted by molar-refractivity contribution is -0.140. The Morgan fingerprint density at radius 2 is 2.55 bits per heavy atom. The highest BCUT2D eigenvalue weighted by atomic mass is 16.7. The van der Waals surface area contributed by atoms with Crippen LogP contribution in [0, 0.1) is 0 Å². The summed E-state index contributed by atoms with van der Waals surface area (Å²) in [5.41, 5.74) is 0.853. The van der Waals surface area contributed by atoms with E-state index in [-0.39, 0.29) is 5.97 Å². The molecule has 0 aromatic heterocycles. The summed E-state index contributed by atoms with van der Waals surface area (Å²) in [6.07, 6.45) is 7.03. The van der Waals surface area contributed by atoms with Crippen LogP contribution in [0.5, 0.6) is 0 Å². The Morgan fingerprint density at radius 1 is 1.73 bits per heavy atom. The van der Waals surface area contributed by atoms with Crippen molar-refractivity contribution in [2.75, 3.05) is 0 Å². The zero-order chi connectivity index (χ0) is 8.10. The third-order valence-electron chi connectivity index (χ3n) is 1.41. The SMILES string of the molecule is CC(=O)O/N=C1\C=CCCC1. The summed E-state index contributed by atoms with van der Waals surface area (Å²) in [5, 5.41) is 3.66. The molecule has 0 heterocycles. The molecule has 0 atom stereocenters. The normalized spacial score (nSPS) is 20.3. The summed E-state index contributed by atoms with van der Waals surface area (Å²) in [5.74, 6) is -0.364. The Bertz CT molecular complexity index is 206. The minimum Gasteiger partial charge on any atom is -0.318 e. The maximum Gasteiger partial charge on any atom is 0.331 e. The lowest BCUT2D eigenvalue weighted by atomic mass is 10.1. The van der Waals surface area contributed by atoms with Gasteiger partial charge in [-0.15, -0.1) is 0 Å². The molecule has 0 unspecified atom stereocenters. The molecule has 0 aromatic rings. The molecule has 0 bridgehead atoms. The van der Waals surface area contributed by atoms with Crippen molar-refractivity contribution in [1.82, 2.24) is 0 Å². The molecule has 0 amide bonds. The number of carbonyl (C=O) groups is 1. The summed E-state index contributed by atoms with van der Waals surface area (Å²) in [6.45, 7) is 1.34. The monoisotopic (exact) mass is 153 g/mol. The third kappa shape index (κ3) is 2.98. The van der Waals surface area contributed by atoms with E-state index in [0.29, 0.717) is 0 Å². The van der Waals surface area contributed by atoms with Crippen LogP contribution in [0.15, 0.2) is 17.3 Å². The van der Waals surface area contributed by atoms with Gasteiger partial charge in [0.1, 0.15) is 0 Å². The molecule has 1 rings (SSSR count). The average Bonchev–Trinajstić information content (AvgIpc) is 2.03. The van der Waals surface area contributed by atoms with Crippen molar-refractivity contribution in [2.45, 2.75) is 26.2 Å². The molecule has 0 radical (unpaired) electrons. The molecule has 3 heteroatoms. The largest absolute Gasteiger partial charge is 0.331 e. The van der Waals surface area contributed by atoms with Crippen molar-refractivity contribution < 1.29 is 9.63 Å². The molecule has 0 fully saturated rings. The van der Waals surface area contributed by atoms with Crippen LogP contribution in [-0.4, -0.2) is 11.7 Å². The molecule has 1 aliphatic rings. The highest BCUT2D eigenvalue weighted by Gasteiger charge is 2.00. The van der Waals surface area contributed by atoms with Crippen molar-refractivity contribution in [3.8, 4) is 0 Å². The molecule has 60 valence electrons. The van der Waals surface area contributed by atoms with Gasteiger partial charge in [-0.2, -0.15) is 0 Å². The lowest BCUT2D eigenvalue weighted by Gasteiger charge is -2.03. The van der Waals surface area contributed by atoms with Gasteiger partial charge in [-0.05, 0) is 25.3 Å². The number of oxime groups is 1. The van der Waals surface area contributed by atoms with Crippen LogP contribution >= 0.6 is 0 Å². The second kappa shape index (κ2) is 3.91. The van der Waals surface area contributed by atoms with Crippen molar-refractivity contribution in [3.05, 3.63) is 12.2 Å². The van der Waals surface area contributed by atoms with Crippen LogP contribution in [0.2, 0.25) is 0 Å². The van der Waals surface area contributed by atoms with E-state index in [0.717, 1.165) is 25.0 Å². The molecular weight excluding hydrogens is 142 g/mol. The number of hydrogen-bond donors (Lipinski definition) is 0. The highest BCUT2D eigenvalue weighted by Crippen LogP contribution is 2.07. The molecule has 11 heavy (non-hydrogen) atoms. The Kier molecular flexibility index (Phi) is 2.83. The van der Waals surface area contributed by atoms with Gasteiger partial charge >= 0.3 is 5.97 Å². The van der Waals surface area contributed by atoms with E-state index in [1.165, 1.54) is 6.92 Å². The Hall–Kier alpha value is -1.12. The number of allylic oxidation sites excluding steroid dienone is 2. The van der Waals surface area contributed by atoms with Crippen molar-refractivity contribution in [1.29, 1.82) is 0 Å². The van der Waals surface area contributed by atoms with E-state index in [4.69, 9.17) is 0 Å². The third-order valence-corrected chi connectivity index (χ3v) is 1.41. The smallest absolute Gasteiger partial charge is 0.318 e. The first-order valence-corrected chi connectivity index (χ1v) is 3.70. The van der Waals surface area contributed by atoms with Gasteiger partial charge in [0.15, 0.2) is 0 Å². The van der Waals surface area contributed by atoms with Crippen molar-refractivity contribution in [3.63, 3.8) is 0 Å². The first-order chi connectivity index (χ1) is 5.29. The van der Waals surface area contributed by atoms with Gasteiger partial charge < -0.3 is 4.84 Å². The Labute approximate surface area is 65.7 Å². The molecule has 3 nitrogen and oxygen atoms in total. The van der Waals surface area contributed by atoms with E-state index < -0.39 is 0 Å². The first kappa shape index (κ1) is 7.98. The van der Waals surface area contributed by atoms with E-state index >= 15 is 0 Å². The van der Waals surface area contributed by atoms with E-state index in [2.05, 4.69) is 9.99 Å². The van der Waals surface area contributed by atoms with Gasteiger partial charge in [-0.3, -0.25) is 0 Å². The van der Waals surface area contributed by atoms with Crippen molar-refractivity contribution in [2.24, 2.45) is 5.16 Å². The van der Waals surface area contributed by atoms with Gasteiger partial charge in [0, 0.05) is 6.92 Å². The minimum atomic E-state index is -0.364. The maximum absolute atomic E-state index is 10.3. The lowest BCUT2D eigenvalue weighted by Crippen LogP contribution is -2.01. The molecule has 0 aromatic carbocycles. The molecule has 0 N–H and O–H groups in total.